The van der Waals surface area contributed by atoms with Crippen LogP contribution in [0.15, 0.2) is 23.8 Å². The van der Waals surface area contributed by atoms with Crippen LogP contribution in [0.25, 0.3) is 0 Å². The summed E-state index contributed by atoms with van der Waals surface area (Å²) in [6.45, 7) is 12.9. The highest BCUT2D eigenvalue weighted by molar-refractivity contribution is 6.74. The van der Waals surface area contributed by atoms with Crippen molar-refractivity contribution >= 4 is 20.1 Å². The molecule has 3 rings (SSSR count). The maximum atomic E-state index is 14.1. The van der Waals surface area contributed by atoms with Gasteiger partial charge in [-0.25, -0.2) is 4.79 Å². The number of esters is 1. The van der Waals surface area contributed by atoms with E-state index in [2.05, 4.69) is 59.0 Å². The van der Waals surface area contributed by atoms with E-state index in [9.17, 15) is 9.59 Å². The molecule has 0 aliphatic heterocycles. The SMILES string of the molecule is CC=C[C@H]1CC[C@H]2CC(=CCC(=O)C(O[Si](C)(C)C(C)(C)C)(C(=O)OC)C3CCCCC3)C[C@@H]21. The molecule has 34 heavy (non-hydrogen) atoms. The second kappa shape index (κ2) is 10.8. The van der Waals surface area contributed by atoms with Crippen molar-refractivity contribution in [3.63, 3.8) is 0 Å². The predicted molar refractivity (Wildman–Crippen MR) is 141 cm³/mol. The van der Waals surface area contributed by atoms with Crippen molar-refractivity contribution in [3.8, 4) is 0 Å². The average Bonchev–Trinajstić information content (AvgIpc) is 3.36. The average molecular weight is 489 g/mol. The molecule has 3 saturated carbocycles. The van der Waals surface area contributed by atoms with Crippen LogP contribution in [-0.4, -0.2) is 32.8 Å². The van der Waals surface area contributed by atoms with E-state index in [1.165, 1.54) is 25.5 Å². The lowest BCUT2D eigenvalue weighted by molar-refractivity contribution is -0.173. The molecule has 3 fully saturated rings. The number of Topliss-reactive ketones (excluding diaryl/α,β-unsaturated/α-hetero) is 1. The van der Waals surface area contributed by atoms with Crippen LogP contribution < -0.4 is 0 Å². The van der Waals surface area contributed by atoms with Gasteiger partial charge in [0.2, 0.25) is 5.60 Å². The van der Waals surface area contributed by atoms with E-state index in [-0.39, 0.29) is 23.2 Å². The summed E-state index contributed by atoms with van der Waals surface area (Å²) in [7, 11) is -1.01. The van der Waals surface area contributed by atoms with Crippen LogP contribution >= 0.6 is 0 Å². The van der Waals surface area contributed by atoms with Gasteiger partial charge in [-0.1, -0.05) is 63.8 Å². The first kappa shape index (κ1) is 27.4. The molecule has 0 aromatic carbocycles. The molecule has 0 saturated heterocycles. The van der Waals surface area contributed by atoms with Crippen LogP contribution in [0.1, 0.15) is 91.9 Å². The van der Waals surface area contributed by atoms with Gasteiger partial charge in [-0.05, 0) is 81.3 Å². The lowest BCUT2D eigenvalue weighted by Gasteiger charge is -2.47. The van der Waals surface area contributed by atoms with Gasteiger partial charge in [0.15, 0.2) is 14.1 Å². The summed E-state index contributed by atoms with van der Waals surface area (Å²) < 4.78 is 12.2. The van der Waals surface area contributed by atoms with Gasteiger partial charge in [-0.2, -0.15) is 0 Å². The van der Waals surface area contributed by atoms with E-state index in [1.54, 1.807) is 0 Å². The third kappa shape index (κ3) is 5.46. The van der Waals surface area contributed by atoms with Crippen molar-refractivity contribution in [2.45, 2.75) is 116 Å². The number of ketones is 1. The van der Waals surface area contributed by atoms with Crippen molar-refractivity contribution in [1.82, 2.24) is 0 Å². The predicted octanol–water partition coefficient (Wildman–Crippen LogP) is 7.40. The van der Waals surface area contributed by atoms with Gasteiger partial charge < -0.3 is 9.16 Å². The van der Waals surface area contributed by atoms with Crippen LogP contribution in [0.4, 0.5) is 0 Å². The zero-order chi connectivity index (χ0) is 25.1. The highest BCUT2D eigenvalue weighted by atomic mass is 28.4. The molecular formula is C29H48O4Si. The van der Waals surface area contributed by atoms with Gasteiger partial charge in [-0.3, -0.25) is 4.79 Å². The second-order valence-electron chi connectivity index (χ2n) is 12.5. The number of carbonyl (C=O) groups excluding carboxylic acids is 2. The Bertz CT molecular complexity index is 799. The Balaban J connectivity index is 1.88. The third-order valence-electron chi connectivity index (χ3n) is 9.37. The molecule has 0 bridgehead atoms. The van der Waals surface area contributed by atoms with Gasteiger partial charge in [0.1, 0.15) is 0 Å². The monoisotopic (exact) mass is 488 g/mol. The van der Waals surface area contributed by atoms with Crippen LogP contribution in [0, 0.1) is 23.7 Å². The molecule has 0 aromatic heterocycles. The molecule has 3 aliphatic carbocycles. The van der Waals surface area contributed by atoms with E-state index < -0.39 is 19.9 Å². The topological polar surface area (TPSA) is 52.6 Å². The summed E-state index contributed by atoms with van der Waals surface area (Å²) in [6.07, 6.45) is 16.7. The minimum Gasteiger partial charge on any atom is -0.467 e. The van der Waals surface area contributed by atoms with Gasteiger partial charge in [-0.15, -0.1) is 0 Å². The summed E-state index contributed by atoms with van der Waals surface area (Å²) in [4.78, 5) is 27.6. The largest absolute Gasteiger partial charge is 0.467 e. The Hall–Kier alpha value is -1.20. The second-order valence-corrected chi connectivity index (χ2v) is 17.2. The van der Waals surface area contributed by atoms with Gasteiger partial charge in [0, 0.05) is 12.3 Å². The van der Waals surface area contributed by atoms with Gasteiger partial charge >= 0.3 is 5.97 Å². The zero-order valence-electron chi connectivity index (χ0n) is 22.7. The Kier molecular flexibility index (Phi) is 8.71. The van der Waals surface area contributed by atoms with Crippen molar-refractivity contribution in [1.29, 1.82) is 0 Å². The molecule has 1 unspecified atom stereocenters. The molecule has 5 heteroatoms. The van der Waals surface area contributed by atoms with E-state index >= 15 is 0 Å². The van der Waals surface area contributed by atoms with E-state index in [1.807, 2.05) is 0 Å². The molecule has 0 amide bonds. The van der Waals surface area contributed by atoms with Crippen LogP contribution in [0.3, 0.4) is 0 Å². The van der Waals surface area contributed by atoms with Crippen LogP contribution in [0.5, 0.6) is 0 Å². The Morgan fingerprint density at radius 2 is 1.71 bits per heavy atom. The Labute approximate surface area is 209 Å². The molecule has 4 nitrogen and oxygen atoms in total. The molecular weight excluding hydrogens is 440 g/mol. The fourth-order valence-electron chi connectivity index (χ4n) is 6.43. The zero-order valence-corrected chi connectivity index (χ0v) is 23.7. The molecule has 0 radical (unpaired) electrons. The minimum absolute atomic E-state index is 0.0920. The Morgan fingerprint density at radius 3 is 2.29 bits per heavy atom. The van der Waals surface area contributed by atoms with Crippen LogP contribution in [0.2, 0.25) is 18.1 Å². The summed E-state index contributed by atoms with van der Waals surface area (Å²) in [5, 5.41) is -0.107. The van der Waals surface area contributed by atoms with Crippen molar-refractivity contribution in [2.75, 3.05) is 7.11 Å². The number of allylic oxidation sites excluding steroid dienone is 4. The summed E-state index contributed by atoms with van der Waals surface area (Å²) >= 11 is 0. The normalized spacial score (nSPS) is 29.4. The van der Waals surface area contributed by atoms with Crippen molar-refractivity contribution in [2.24, 2.45) is 23.7 Å². The standard InChI is InChI=1S/C29H48O4Si/c1-8-12-22-16-17-23-19-21(20-25(22)23)15-18-26(30)29(27(31)32-5,24-13-10-9-11-14-24)33-34(6,7)28(2,3)4/h8,12,15,22-25H,9-11,13-14,16-20H2,1-7H3/t22-,23-,25+,29?/m0/s1. The maximum Gasteiger partial charge on any atom is 0.345 e. The van der Waals surface area contributed by atoms with E-state index in [0.29, 0.717) is 11.8 Å². The molecule has 0 N–H and O–H groups in total. The van der Waals surface area contributed by atoms with E-state index in [0.717, 1.165) is 50.9 Å². The first-order valence-corrected chi connectivity index (χ1v) is 16.5. The first-order chi connectivity index (χ1) is 16.0. The number of ether oxygens (including phenoxy) is 1. The number of rotatable bonds is 8. The van der Waals surface area contributed by atoms with Crippen molar-refractivity contribution < 1.29 is 18.8 Å². The maximum absolute atomic E-state index is 14.1. The molecule has 192 valence electrons. The number of hydrogen-bond acceptors (Lipinski definition) is 4. The highest BCUT2D eigenvalue weighted by Gasteiger charge is 2.58. The van der Waals surface area contributed by atoms with Gasteiger partial charge in [0.25, 0.3) is 0 Å². The molecule has 0 spiro atoms. The fraction of sp³-hybridized carbons (Fsp3) is 0.793. The molecule has 0 aromatic rings. The lowest BCUT2D eigenvalue weighted by atomic mass is 9.74. The summed E-state index contributed by atoms with van der Waals surface area (Å²) in [5.74, 6) is 1.46. The number of methoxy groups -OCH3 is 1. The summed E-state index contributed by atoms with van der Waals surface area (Å²) in [6, 6.07) is 0. The van der Waals surface area contributed by atoms with Crippen molar-refractivity contribution in [3.05, 3.63) is 23.8 Å². The van der Waals surface area contributed by atoms with Crippen LogP contribution in [-0.2, 0) is 18.8 Å². The van der Waals surface area contributed by atoms with Gasteiger partial charge in [0.05, 0.1) is 7.11 Å². The number of hydrogen-bond donors (Lipinski definition) is 0. The highest BCUT2D eigenvalue weighted by Crippen LogP contribution is 2.51. The Morgan fingerprint density at radius 1 is 1.03 bits per heavy atom. The van der Waals surface area contributed by atoms with E-state index in [4.69, 9.17) is 9.16 Å². The quantitative estimate of drug-likeness (QED) is 0.155. The molecule has 3 aliphatic rings. The number of carbonyl (C=O) groups is 2. The molecule has 4 atom stereocenters. The summed E-state index contributed by atoms with van der Waals surface area (Å²) in [5.41, 5.74) is -0.0794. The number of fused-ring (bicyclic) bond motifs is 1. The fourth-order valence-corrected chi connectivity index (χ4v) is 7.90. The molecule has 0 heterocycles. The first-order valence-electron chi connectivity index (χ1n) is 13.6. The minimum atomic E-state index is -2.41. The lowest BCUT2D eigenvalue weighted by Crippen LogP contribution is -2.62. The smallest absolute Gasteiger partial charge is 0.345 e. The third-order valence-corrected chi connectivity index (χ3v) is 13.8.